The lowest BCUT2D eigenvalue weighted by molar-refractivity contribution is -0.123. The molecule has 0 aromatic rings. The summed E-state index contributed by atoms with van der Waals surface area (Å²) in [6, 6.07) is -0.0948. The minimum absolute atomic E-state index is 0.0849. The SMILES string of the molecule is COC1CNC(C(=O)NCC(C)(C)SC)C1. The summed E-state index contributed by atoms with van der Waals surface area (Å²) in [5.74, 6) is 0.0849. The molecule has 0 aliphatic carbocycles. The molecule has 2 unspecified atom stereocenters. The van der Waals surface area contributed by atoms with Crippen molar-refractivity contribution in [3.8, 4) is 0 Å². The van der Waals surface area contributed by atoms with Crippen LogP contribution in [0.1, 0.15) is 20.3 Å². The molecule has 1 aliphatic heterocycles. The normalized spacial score (nSPS) is 25.8. The Morgan fingerprint density at radius 2 is 2.31 bits per heavy atom. The third-order valence-corrected chi connectivity index (χ3v) is 4.23. The van der Waals surface area contributed by atoms with Crippen molar-refractivity contribution in [3.05, 3.63) is 0 Å². The summed E-state index contributed by atoms with van der Waals surface area (Å²) in [7, 11) is 1.68. The number of thioether (sulfide) groups is 1. The van der Waals surface area contributed by atoms with Gasteiger partial charge in [0.05, 0.1) is 12.1 Å². The molecule has 1 rings (SSSR count). The molecule has 94 valence electrons. The second-order valence-corrected chi connectivity index (χ2v) is 6.25. The molecule has 2 atom stereocenters. The third kappa shape index (κ3) is 3.96. The van der Waals surface area contributed by atoms with Gasteiger partial charge in [-0.3, -0.25) is 4.79 Å². The van der Waals surface area contributed by atoms with Crippen LogP contribution in [-0.4, -0.2) is 49.3 Å². The zero-order valence-electron chi connectivity index (χ0n) is 10.5. The van der Waals surface area contributed by atoms with Crippen molar-refractivity contribution in [3.63, 3.8) is 0 Å². The summed E-state index contributed by atoms with van der Waals surface area (Å²) in [5, 5.41) is 6.15. The van der Waals surface area contributed by atoms with Crippen LogP contribution in [0.15, 0.2) is 0 Å². The molecule has 1 amide bonds. The van der Waals surface area contributed by atoms with Gasteiger partial charge in [-0.15, -0.1) is 0 Å². The summed E-state index contributed by atoms with van der Waals surface area (Å²) in [4.78, 5) is 11.8. The molecule has 16 heavy (non-hydrogen) atoms. The molecule has 0 radical (unpaired) electrons. The highest BCUT2D eigenvalue weighted by Gasteiger charge is 2.30. The first-order valence-corrected chi connectivity index (χ1v) is 6.80. The second kappa shape index (κ2) is 5.89. The fraction of sp³-hybridized carbons (Fsp3) is 0.909. The van der Waals surface area contributed by atoms with Crippen LogP contribution in [0.5, 0.6) is 0 Å². The number of rotatable bonds is 5. The number of carbonyl (C=O) groups excluding carboxylic acids is 1. The lowest BCUT2D eigenvalue weighted by atomic mass is 10.1. The minimum Gasteiger partial charge on any atom is -0.380 e. The highest BCUT2D eigenvalue weighted by atomic mass is 32.2. The fourth-order valence-electron chi connectivity index (χ4n) is 1.58. The molecule has 1 aliphatic rings. The van der Waals surface area contributed by atoms with Gasteiger partial charge in [0.25, 0.3) is 0 Å². The van der Waals surface area contributed by atoms with Gasteiger partial charge in [0.15, 0.2) is 0 Å². The highest BCUT2D eigenvalue weighted by molar-refractivity contribution is 7.99. The first-order chi connectivity index (χ1) is 7.48. The Hall–Kier alpha value is -0.260. The van der Waals surface area contributed by atoms with Gasteiger partial charge in [0.1, 0.15) is 0 Å². The van der Waals surface area contributed by atoms with Crippen LogP contribution in [0, 0.1) is 0 Å². The van der Waals surface area contributed by atoms with Crippen molar-refractivity contribution in [2.24, 2.45) is 0 Å². The molecule has 2 N–H and O–H groups in total. The van der Waals surface area contributed by atoms with Gasteiger partial charge in [-0.25, -0.2) is 0 Å². The minimum atomic E-state index is -0.0948. The van der Waals surface area contributed by atoms with Gasteiger partial charge in [-0.2, -0.15) is 11.8 Å². The summed E-state index contributed by atoms with van der Waals surface area (Å²) < 4.78 is 5.30. The first kappa shape index (κ1) is 13.8. The Balaban J connectivity index is 2.31. The van der Waals surface area contributed by atoms with Crippen molar-refractivity contribution >= 4 is 17.7 Å². The Kier molecular flexibility index (Phi) is 5.08. The van der Waals surface area contributed by atoms with E-state index in [1.165, 1.54) is 0 Å². The molecule has 4 nitrogen and oxygen atoms in total. The summed E-state index contributed by atoms with van der Waals surface area (Å²) in [6.07, 6.45) is 2.99. The molecule has 0 aromatic heterocycles. The predicted octanol–water partition coefficient (Wildman–Crippen LogP) is 0.621. The van der Waals surface area contributed by atoms with Crippen molar-refractivity contribution < 1.29 is 9.53 Å². The number of amides is 1. The maximum Gasteiger partial charge on any atom is 0.237 e. The number of carbonyl (C=O) groups is 1. The number of hydrogen-bond acceptors (Lipinski definition) is 4. The van der Waals surface area contributed by atoms with Crippen molar-refractivity contribution in [1.29, 1.82) is 0 Å². The molecule has 1 heterocycles. The van der Waals surface area contributed by atoms with E-state index in [-0.39, 0.29) is 22.8 Å². The molecular weight excluding hydrogens is 224 g/mol. The van der Waals surface area contributed by atoms with E-state index in [9.17, 15) is 4.79 Å². The van der Waals surface area contributed by atoms with Crippen LogP contribution in [-0.2, 0) is 9.53 Å². The van der Waals surface area contributed by atoms with E-state index in [1.807, 2.05) is 0 Å². The summed E-state index contributed by atoms with van der Waals surface area (Å²) in [6.45, 7) is 5.71. The van der Waals surface area contributed by atoms with E-state index in [0.717, 1.165) is 13.0 Å². The lowest BCUT2D eigenvalue weighted by Crippen LogP contribution is -2.44. The average molecular weight is 246 g/mol. The van der Waals surface area contributed by atoms with Crippen molar-refractivity contribution in [1.82, 2.24) is 10.6 Å². The topological polar surface area (TPSA) is 50.4 Å². The Morgan fingerprint density at radius 1 is 1.62 bits per heavy atom. The Morgan fingerprint density at radius 3 is 2.81 bits per heavy atom. The zero-order valence-corrected chi connectivity index (χ0v) is 11.3. The van der Waals surface area contributed by atoms with Gasteiger partial charge in [-0.05, 0) is 26.5 Å². The zero-order chi connectivity index (χ0) is 12.2. The molecule has 0 bridgehead atoms. The number of methoxy groups -OCH3 is 1. The van der Waals surface area contributed by atoms with Crippen molar-refractivity contribution in [2.75, 3.05) is 26.5 Å². The van der Waals surface area contributed by atoms with Crippen LogP contribution >= 0.6 is 11.8 Å². The van der Waals surface area contributed by atoms with Gasteiger partial charge >= 0.3 is 0 Å². The van der Waals surface area contributed by atoms with Gasteiger partial charge in [0, 0.05) is 24.9 Å². The second-order valence-electron chi connectivity index (χ2n) is 4.74. The van der Waals surface area contributed by atoms with E-state index in [0.29, 0.717) is 6.54 Å². The number of ether oxygens (including phenoxy) is 1. The van der Waals surface area contributed by atoms with E-state index >= 15 is 0 Å². The maximum absolute atomic E-state index is 11.8. The fourth-order valence-corrected chi connectivity index (χ4v) is 1.79. The smallest absolute Gasteiger partial charge is 0.237 e. The van der Waals surface area contributed by atoms with Crippen LogP contribution in [0.3, 0.4) is 0 Å². The molecule has 5 heteroatoms. The largest absolute Gasteiger partial charge is 0.380 e. The van der Waals surface area contributed by atoms with Crippen LogP contribution in [0.25, 0.3) is 0 Å². The third-order valence-electron chi connectivity index (χ3n) is 2.98. The lowest BCUT2D eigenvalue weighted by Gasteiger charge is -2.23. The van der Waals surface area contributed by atoms with E-state index < -0.39 is 0 Å². The molecule has 0 spiro atoms. The van der Waals surface area contributed by atoms with Gasteiger partial charge < -0.3 is 15.4 Å². The predicted molar refractivity (Wildman–Crippen MR) is 67.8 cm³/mol. The van der Waals surface area contributed by atoms with E-state index in [2.05, 4.69) is 30.7 Å². The summed E-state index contributed by atoms with van der Waals surface area (Å²) in [5.41, 5.74) is 0. The quantitative estimate of drug-likeness (QED) is 0.747. The van der Waals surface area contributed by atoms with Crippen LogP contribution in [0.4, 0.5) is 0 Å². The first-order valence-electron chi connectivity index (χ1n) is 5.57. The Bertz CT molecular complexity index is 246. The van der Waals surface area contributed by atoms with Gasteiger partial charge in [-0.1, -0.05) is 0 Å². The van der Waals surface area contributed by atoms with Crippen molar-refractivity contribution in [2.45, 2.75) is 37.2 Å². The molecule has 0 saturated carbocycles. The monoisotopic (exact) mass is 246 g/mol. The molecular formula is C11H22N2O2S. The number of hydrogen-bond donors (Lipinski definition) is 2. The van der Waals surface area contributed by atoms with E-state index in [4.69, 9.17) is 4.74 Å². The average Bonchev–Trinajstić information content (AvgIpc) is 2.74. The molecule has 1 fully saturated rings. The Labute approximate surface area is 102 Å². The number of nitrogens with one attached hydrogen (secondary N) is 2. The molecule has 0 aromatic carbocycles. The summed E-state index contributed by atoms with van der Waals surface area (Å²) >= 11 is 1.76. The molecule has 1 saturated heterocycles. The van der Waals surface area contributed by atoms with Crippen LogP contribution in [0.2, 0.25) is 0 Å². The van der Waals surface area contributed by atoms with Crippen LogP contribution < -0.4 is 10.6 Å². The highest BCUT2D eigenvalue weighted by Crippen LogP contribution is 2.19. The standard InChI is InChI=1S/C11H22N2O2S/c1-11(2,16-4)7-13-10(14)9-5-8(15-3)6-12-9/h8-9,12H,5-7H2,1-4H3,(H,13,14). The van der Waals surface area contributed by atoms with E-state index in [1.54, 1.807) is 18.9 Å². The van der Waals surface area contributed by atoms with Gasteiger partial charge in [0.2, 0.25) is 5.91 Å². The maximum atomic E-state index is 11.8.